The van der Waals surface area contributed by atoms with E-state index >= 15 is 0 Å². The van der Waals surface area contributed by atoms with Crippen molar-refractivity contribution in [3.05, 3.63) is 112 Å². The van der Waals surface area contributed by atoms with Crippen molar-refractivity contribution < 1.29 is 8.42 Å². The Morgan fingerprint density at radius 2 is 1.51 bits per heavy atom. The van der Waals surface area contributed by atoms with Crippen LogP contribution in [0.1, 0.15) is 5.69 Å². The number of imidazole rings is 1. The first kappa shape index (κ1) is 28.8. The number of benzene rings is 3. The maximum absolute atomic E-state index is 13.4. The zero-order valence-electron chi connectivity index (χ0n) is 22.8. The number of aromatic nitrogens is 2. The first-order chi connectivity index (χ1) is 20.8. The Hall–Kier alpha value is -2.95. The third kappa shape index (κ3) is 5.58. The molecule has 3 aromatic heterocycles. The van der Waals surface area contributed by atoms with E-state index in [4.69, 9.17) is 39.8 Å². The van der Waals surface area contributed by atoms with E-state index in [-0.39, 0.29) is 9.92 Å². The summed E-state index contributed by atoms with van der Waals surface area (Å²) in [6.45, 7) is 2.43. The second-order valence-corrected chi connectivity index (χ2v) is 14.7. The summed E-state index contributed by atoms with van der Waals surface area (Å²) >= 11 is 20.2. The molecule has 0 radical (unpaired) electrons. The molecule has 3 aromatic carbocycles. The van der Waals surface area contributed by atoms with E-state index in [2.05, 4.69) is 58.0 Å². The van der Waals surface area contributed by atoms with Crippen molar-refractivity contribution in [2.75, 3.05) is 26.2 Å². The van der Waals surface area contributed by atoms with Gasteiger partial charge < -0.3 is 4.40 Å². The summed E-state index contributed by atoms with van der Waals surface area (Å²) in [6.07, 6.45) is 2.16. The van der Waals surface area contributed by atoms with Gasteiger partial charge in [-0.2, -0.15) is 4.31 Å². The van der Waals surface area contributed by atoms with Crippen LogP contribution in [0, 0.1) is 0 Å². The molecule has 7 rings (SSSR count). The molecule has 0 saturated carbocycles. The molecule has 6 aromatic rings. The number of thiophene rings is 1. The van der Waals surface area contributed by atoms with Crippen molar-refractivity contribution in [2.24, 2.45) is 0 Å². The Labute approximate surface area is 268 Å². The monoisotopic (exact) mass is 666 g/mol. The van der Waals surface area contributed by atoms with Crippen LogP contribution in [0.3, 0.4) is 0 Å². The topological polar surface area (TPSA) is 57.9 Å². The summed E-state index contributed by atoms with van der Waals surface area (Å²) in [7, 11) is -3.75. The fraction of sp³-hybridized carbons (Fsp3) is 0.156. The van der Waals surface area contributed by atoms with Gasteiger partial charge in [0.15, 0.2) is 0 Å². The summed E-state index contributed by atoms with van der Waals surface area (Å²) in [5.74, 6) is 0. The van der Waals surface area contributed by atoms with Crippen LogP contribution in [0.4, 0.5) is 0 Å². The molecule has 1 saturated heterocycles. The van der Waals surface area contributed by atoms with Crippen molar-refractivity contribution in [1.82, 2.24) is 18.6 Å². The van der Waals surface area contributed by atoms with Gasteiger partial charge in [-0.1, -0.05) is 65.1 Å². The second-order valence-electron chi connectivity index (χ2n) is 10.5. The fourth-order valence-electron chi connectivity index (χ4n) is 5.52. The fourth-order valence-corrected chi connectivity index (χ4v) is 8.86. The second kappa shape index (κ2) is 11.5. The van der Waals surface area contributed by atoms with Gasteiger partial charge in [-0.25, -0.2) is 13.4 Å². The van der Waals surface area contributed by atoms with E-state index in [9.17, 15) is 8.42 Å². The third-order valence-corrected chi connectivity index (χ3v) is 11.8. The van der Waals surface area contributed by atoms with Crippen molar-refractivity contribution in [1.29, 1.82) is 0 Å². The van der Waals surface area contributed by atoms with Crippen LogP contribution < -0.4 is 0 Å². The summed E-state index contributed by atoms with van der Waals surface area (Å²) in [4.78, 5) is 8.57. The third-order valence-electron chi connectivity index (χ3n) is 7.76. The molecule has 1 fully saturated rings. The van der Waals surface area contributed by atoms with Gasteiger partial charge in [0.2, 0.25) is 10.0 Å². The van der Waals surface area contributed by atoms with Crippen molar-refractivity contribution in [2.45, 2.75) is 11.4 Å². The molecule has 0 atom stereocenters. The van der Waals surface area contributed by atoms with Gasteiger partial charge in [0.1, 0.15) is 10.5 Å². The van der Waals surface area contributed by atoms with E-state index in [1.165, 1.54) is 31.4 Å². The normalized spacial score (nSPS) is 15.0. The van der Waals surface area contributed by atoms with Crippen LogP contribution in [0.2, 0.25) is 15.1 Å². The smallest absolute Gasteiger partial charge is 0.244 e. The molecule has 0 N–H and O–H groups in total. The average Bonchev–Trinajstić information content (AvgIpc) is 3.59. The van der Waals surface area contributed by atoms with E-state index in [0.717, 1.165) is 28.2 Å². The number of rotatable bonds is 6. The van der Waals surface area contributed by atoms with Crippen LogP contribution in [0.5, 0.6) is 0 Å². The zero-order chi connectivity index (χ0) is 29.7. The SMILES string of the molecule is O=S(=O)(c1ccc(Cl)cc1Cl)N1CCN(Cc2c(-c3ccc(Cl)cc3)nc3ccc(-c4cc5ccccc5s4)cn23)CC1. The highest BCUT2D eigenvalue weighted by Crippen LogP contribution is 2.35. The highest BCUT2D eigenvalue weighted by Gasteiger charge is 2.31. The summed E-state index contributed by atoms with van der Waals surface area (Å²) in [5.41, 5.74) is 4.87. The minimum Gasteiger partial charge on any atom is -0.301 e. The predicted molar refractivity (Wildman–Crippen MR) is 177 cm³/mol. The Kier molecular flexibility index (Phi) is 7.72. The number of piperazine rings is 1. The molecule has 43 heavy (non-hydrogen) atoms. The molecule has 0 bridgehead atoms. The van der Waals surface area contributed by atoms with E-state index in [1.807, 2.05) is 24.3 Å². The quantitative estimate of drug-likeness (QED) is 0.179. The van der Waals surface area contributed by atoms with Gasteiger partial charge in [-0.3, -0.25) is 4.90 Å². The molecule has 11 heteroatoms. The first-order valence-electron chi connectivity index (χ1n) is 13.7. The summed E-state index contributed by atoms with van der Waals surface area (Å²) in [6, 6.07) is 27.0. The van der Waals surface area contributed by atoms with Crippen LogP contribution in [0.25, 0.3) is 37.4 Å². The number of sulfonamides is 1. The molecule has 0 amide bonds. The molecule has 4 heterocycles. The summed E-state index contributed by atoms with van der Waals surface area (Å²) < 4.78 is 31.7. The lowest BCUT2D eigenvalue weighted by atomic mass is 10.1. The number of pyridine rings is 1. The van der Waals surface area contributed by atoms with Crippen molar-refractivity contribution >= 4 is 71.9 Å². The molecule has 218 valence electrons. The van der Waals surface area contributed by atoms with Crippen LogP contribution in [0.15, 0.2) is 96.0 Å². The lowest BCUT2D eigenvalue weighted by Crippen LogP contribution is -2.48. The molecule has 0 spiro atoms. The van der Waals surface area contributed by atoms with Crippen molar-refractivity contribution in [3.63, 3.8) is 0 Å². The molecule has 1 aliphatic heterocycles. The lowest BCUT2D eigenvalue weighted by molar-refractivity contribution is 0.180. The van der Waals surface area contributed by atoms with E-state index < -0.39 is 10.0 Å². The van der Waals surface area contributed by atoms with E-state index in [0.29, 0.717) is 42.8 Å². The highest BCUT2D eigenvalue weighted by molar-refractivity contribution is 7.89. The Bertz CT molecular complexity index is 2050. The average molecular weight is 668 g/mol. The molecular formula is C32H25Cl3N4O2S2. The first-order valence-corrected chi connectivity index (χ1v) is 17.1. The number of hydrogen-bond donors (Lipinski definition) is 0. The van der Waals surface area contributed by atoms with Gasteiger partial charge >= 0.3 is 0 Å². The molecule has 1 aliphatic rings. The summed E-state index contributed by atoms with van der Waals surface area (Å²) in [5, 5.41) is 2.42. The van der Waals surface area contributed by atoms with Gasteiger partial charge in [0.05, 0.1) is 16.4 Å². The zero-order valence-corrected chi connectivity index (χ0v) is 26.7. The Morgan fingerprint density at radius 3 is 2.26 bits per heavy atom. The van der Waals surface area contributed by atoms with Crippen LogP contribution in [-0.4, -0.2) is 53.2 Å². The van der Waals surface area contributed by atoms with Crippen molar-refractivity contribution in [3.8, 4) is 21.7 Å². The minimum absolute atomic E-state index is 0.0765. The predicted octanol–water partition coefficient (Wildman–Crippen LogP) is 8.35. The minimum atomic E-state index is -3.75. The van der Waals surface area contributed by atoms with Gasteiger partial charge in [0, 0.05) is 69.7 Å². The number of fused-ring (bicyclic) bond motifs is 2. The largest absolute Gasteiger partial charge is 0.301 e. The van der Waals surface area contributed by atoms with Gasteiger partial charge in [-0.15, -0.1) is 11.3 Å². The highest BCUT2D eigenvalue weighted by atomic mass is 35.5. The number of halogens is 3. The standard InChI is InChI=1S/C32H25Cl3N4O2S2/c33-24-8-5-21(6-9-24)32-27(20-37-13-15-38(16-14-37)43(40,41)30-11-10-25(34)18-26(30)35)39-19-23(7-12-31(39)36-32)29-17-22-3-1-2-4-28(22)42-29/h1-12,17-19H,13-16,20H2. The maximum Gasteiger partial charge on any atom is 0.244 e. The van der Waals surface area contributed by atoms with Crippen LogP contribution in [-0.2, 0) is 16.6 Å². The maximum atomic E-state index is 13.4. The van der Waals surface area contributed by atoms with E-state index in [1.54, 1.807) is 17.4 Å². The Balaban J connectivity index is 1.21. The lowest BCUT2D eigenvalue weighted by Gasteiger charge is -2.34. The molecular weight excluding hydrogens is 643 g/mol. The molecule has 0 aliphatic carbocycles. The van der Waals surface area contributed by atoms with Gasteiger partial charge in [0.25, 0.3) is 0 Å². The number of nitrogens with zero attached hydrogens (tertiary/aromatic N) is 4. The van der Waals surface area contributed by atoms with Crippen LogP contribution >= 0.6 is 46.1 Å². The molecule has 0 unspecified atom stereocenters. The molecule has 6 nitrogen and oxygen atoms in total. The van der Waals surface area contributed by atoms with Gasteiger partial charge in [-0.05, 0) is 60.0 Å². The Morgan fingerprint density at radius 1 is 0.791 bits per heavy atom. The number of hydrogen-bond acceptors (Lipinski definition) is 5.